The zero-order valence-corrected chi connectivity index (χ0v) is 16.5. The van der Waals surface area contributed by atoms with Gasteiger partial charge in [0.25, 0.3) is 5.91 Å². The van der Waals surface area contributed by atoms with Gasteiger partial charge >= 0.3 is 0 Å². The van der Waals surface area contributed by atoms with Crippen molar-refractivity contribution in [2.75, 3.05) is 16.4 Å². The van der Waals surface area contributed by atoms with E-state index in [1.165, 1.54) is 23.1 Å². The second-order valence-corrected chi connectivity index (χ2v) is 7.85. The van der Waals surface area contributed by atoms with Gasteiger partial charge in [0.15, 0.2) is 5.16 Å². The number of aromatic nitrogens is 3. The molecule has 3 rings (SSSR count). The van der Waals surface area contributed by atoms with E-state index in [-0.39, 0.29) is 23.6 Å². The highest BCUT2D eigenvalue weighted by molar-refractivity contribution is 7.99. The highest BCUT2D eigenvalue weighted by Crippen LogP contribution is 2.20. The van der Waals surface area contributed by atoms with Crippen molar-refractivity contribution in [1.29, 1.82) is 0 Å². The molecule has 140 valence electrons. The fourth-order valence-electron chi connectivity index (χ4n) is 2.29. The zero-order valence-electron chi connectivity index (χ0n) is 14.9. The van der Waals surface area contributed by atoms with Crippen LogP contribution in [0.2, 0.25) is 0 Å². The Morgan fingerprint density at radius 2 is 1.96 bits per heavy atom. The average molecular weight is 402 g/mol. The fourth-order valence-corrected chi connectivity index (χ4v) is 3.76. The summed E-state index contributed by atoms with van der Waals surface area (Å²) >= 11 is 2.71. The molecule has 27 heavy (non-hydrogen) atoms. The number of nitrogens with one attached hydrogen (secondary N) is 2. The highest BCUT2D eigenvalue weighted by Gasteiger charge is 2.12. The molecular weight excluding hydrogens is 382 g/mol. The number of thioether (sulfide) groups is 1. The van der Waals surface area contributed by atoms with E-state index in [0.29, 0.717) is 21.4 Å². The summed E-state index contributed by atoms with van der Waals surface area (Å²) in [4.78, 5) is 25.0. The van der Waals surface area contributed by atoms with Crippen molar-refractivity contribution >= 4 is 46.3 Å². The molecule has 1 aromatic carbocycles. The molecule has 0 saturated carbocycles. The summed E-state index contributed by atoms with van der Waals surface area (Å²) in [6, 6.07) is 10.9. The minimum Gasteiger partial charge on any atom is -0.325 e. The molecule has 2 heterocycles. The Labute approximate surface area is 165 Å². The molecule has 2 amide bonds. The first-order valence-electron chi connectivity index (χ1n) is 8.30. The second-order valence-electron chi connectivity index (χ2n) is 5.96. The van der Waals surface area contributed by atoms with Crippen LogP contribution < -0.4 is 10.6 Å². The maximum atomic E-state index is 12.2. The van der Waals surface area contributed by atoms with Crippen molar-refractivity contribution in [3.63, 3.8) is 0 Å². The van der Waals surface area contributed by atoms with Crippen LogP contribution >= 0.6 is 23.1 Å². The monoisotopic (exact) mass is 401 g/mol. The van der Waals surface area contributed by atoms with E-state index in [0.717, 1.165) is 0 Å². The second kappa shape index (κ2) is 8.83. The van der Waals surface area contributed by atoms with E-state index in [4.69, 9.17) is 0 Å². The van der Waals surface area contributed by atoms with Crippen LogP contribution in [0.4, 0.5) is 11.4 Å². The SMILES string of the molecule is CC(C)n1cnnc1SCC(=O)Nc1cccc(NC(=O)c2cccs2)c1. The number of nitrogens with zero attached hydrogens (tertiary/aromatic N) is 3. The lowest BCUT2D eigenvalue weighted by Gasteiger charge is -2.10. The molecule has 2 aromatic heterocycles. The lowest BCUT2D eigenvalue weighted by Crippen LogP contribution is -2.15. The van der Waals surface area contributed by atoms with E-state index >= 15 is 0 Å². The van der Waals surface area contributed by atoms with Crippen LogP contribution in [0, 0.1) is 0 Å². The van der Waals surface area contributed by atoms with Crippen molar-refractivity contribution in [3.05, 3.63) is 53.0 Å². The molecule has 0 atom stereocenters. The van der Waals surface area contributed by atoms with Gasteiger partial charge in [-0.05, 0) is 43.5 Å². The number of amides is 2. The van der Waals surface area contributed by atoms with E-state index in [1.54, 1.807) is 36.7 Å². The van der Waals surface area contributed by atoms with Crippen LogP contribution in [0.1, 0.15) is 29.6 Å². The lowest BCUT2D eigenvalue weighted by atomic mass is 10.2. The number of carbonyl (C=O) groups excluding carboxylic acids is 2. The molecule has 0 spiro atoms. The number of thiophene rings is 1. The first-order chi connectivity index (χ1) is 13.0. The summed E-state index contributed by atoms with van der Waals surface area (Å²) in [5, 5.41) is 16.1. The first-order valence-corrected chi connectivity index (χ1v) is 10.2. The van der Waals surface area contributed by atoms with E-state index in [1.807, 2.05) is 29.9 Å². The third kappa shape index (κ3) is 5.18. The van der Waals surface area contributed by atoms with Crippen molar-refractivity contribution in [2.24, 2.45) is 0 Å². The summed E-state index contributed by atoms with van der Waals surface area (Å²) in [7, 11) is 0. The summed E-state index contributed by atoms with van der Waals surface area (Å²) in [6.45, 7) is 4.06. The Balaban J connectivity index is 1.56. The summed E-state index contributed by atoms with van der Waals surface area (Å²) in [6.07, 6.45) is 1.66. The Bertz CT molecular complexity index is 921. The number of hydrogen-bond acceptors (Lipinski definition) is 6. The third-order valence-corrected chi connectivity index (χ3v) is 5.40. The van der Waals surface area contributed by atoms with Gasteiger partial charge in [0.05, 0.1) is 10.6 Å². The minimum absolute atomic E-state index is 0.153. The number of benzene rings is 1. The van der Waals surface area contributed by atoms with Crippen LogP contribution in [0.15, 0.2) is 53.3 Å². The number of anilines is 2. The van der Waals surface area contributed by atoms with Crippen molar-refractivity contribution in [1.82, 2.24) is 14.8 Å². The molecule has 0 aliphatic carbocycles. The van der Waals surface area contributed by atoms with Crippen molar-refractivity contribution < 1.29 is 9.59 Å². The van der Waals surface area contributed by atoms with Crippen LogP contribution in [-0.2, 0) is 4.79 Å². The molecule has 0 saturated heterocycles. The summed E-state index contributed by atoms with van der Waals surface area (Å²) in [5.41, 5.74) is 1.24. The van der Waals surface area contributed by atoms with Gasteiger partial charge in [0, 0.05) is 17.4 Å². The van der Waals surface area contributed by atoms with Gasteiger partial charge in [0.1, 0.15) is 6.33 Å². The minimum atomic E-state index is -0.169. The predicted octanol–water partition coefficient (Wildman–Crippen LogP) is 3.90. The molecular formula is C18H19N5O2S2. The molecule has 0 fully saturated rings. The first kappa shape index (κ1) is 19.1. The fraction of sp³-hybridized carbons (Fsp3) is 0.222. The average Bonchev–Trinajstić information content (AvgIpc) is 3.32. The molecule has 9 heteroatoms. The number of rotatable bonds is 7. The van der Waals surface area contributed by atoms with Crippen molar-refractivity contribution in [2.45, 2.75) is 25.0 Å². The molecule has 0 unspecified atom stereocenters. The molecule has 7 nitrogen and oxygen atoms in total. The standard InChI is InChI=1S/C18H19N5O2S2/c1-12(2)23-11-19-22-18(23)27-10-16(24)20-13-5-3-6-14(9-13)21-17(25)15-7-4-8-26-15/h3-9,11-12H,10H2,1-2H3,(H,20,24)(H,21,25). The molecule has 0 radical (unpaired) electrons. The Morgan fingerprint density at radius 1 is 1.19 bits per heavy atom. The van der Waals surface area contributed by atoms with Crippen molar-refractivity contribution in [3.8, 4) is 0 Å². The number of carbonyl (C=O) groups is 2. The molecule has 0 aliphatic heterocycles. The zero-order chi connectivity index (χ0) is 19.2. The van der Waals surface area contributed by atoms with Gasteiger partial charge in [-0.1, -0.05) is 23.9 Å². The molecule has 2 N–H and O–H groups in total. The predicted molar refractivity (Wildman–Crippen MR) is 108 cm³/mol. The lowest BCUT2D eigenvalue weighted by molar-refractivity contribution is -0.113. The van der Waals surface area contributed by atoms with Gasteiger partial charge in [0.2, 0.25) is 5.91 Å². The summed E-state index contributed by atoms with van der Waals surface area (Å²) in [5.74, 6) is -0.103. The van der Waals surface area contributed by atoms with E-state index in [9.17, 15) is 9.59 Å². The van der Waals surface area contributed by atoms with E-state index in [2.05, 4.69) is 20.8 Å². The quantitative estimate of drug-likeness (QED) is 0.586. The maximum Gasteiger partial charge on any atom is 0.265 e. The van der Waals surface area contributed by atoms with Gasteiger partial charge in [-0.15, -0.1) is 21.5 Å². The third-order valence-electron chi connectivity index (χ3n) is 3.58. The topological polar surface area (TPSA) is 88.9 Å². The van der Waals surface area contributed by atoms with Crippen LogP contribution in [0.25, 0.3) is 0 Å². The van der Waals surface area contributed by atoms with Gasteiger partial charge in [-0.2, -0.15) is 0 Å². The van der Waals surface area contributed by atoms with Crippen LogP contribution in [0.5, 0.6) is 0 Å². The van der Waals surface area contributed by atoms with Crippen LogP contribution in [-0.4, -0.2) is 32.3 Å². The molecule has 0 bridgehead atoms. The number of hydrogen-bond donors (Lipinski definition) is 2. The Kier molecular flexibility index (Phi) is 6.25. The Morgan fingerprint density at radius 3 is 2.67 bits per heavy atom. The smallest absolute Gasteiger partial charge is 0.265 e. The normalized spacial score (nSPS) is 10.8. The van der Waals surface area contributed by atoms with Gasteiger partial charge in [-0.25, -0.2) is 0 Å². The highest BCUT2D eigenvalue weighted by atomic mass is 32.2. The Hall–Kier alpha value is -2.65. The van der Waals surface area contributed by atoms with E-state index < -0.39 is 0 Å². The summed E-state index contributed by atoms with van der Waals surface area (Å²) < 4.78 is 1.92. The van der Waals surface area contributed by atoms with Crippen LogP contribution in [0.3, 0.4) is 0 Å². The maximum absolute atomic E-state index is 12.2. The largest absolute Gasteiger partial charge is 0.325 e. The van der Waals surface area contributed by atoms with Gasteiger partial charge < -0.3 is 15.2 Å². The molecule has 3 aromatic rings. The molecule has 0 aliphatic rings. The van der Waals surface area contributed by atoms with Gasteiger partial charge in [-0.3, -0.25) is 9.59 Å².